The number of carbonyl (C=O) groups excluding carboxylic acids is 2. The van der Waals surface area contributed by atoms with Crippen LogP contribution in [0.2, 0.25) is 0 Å². The molecular weight excluding hydrogens is 319 g/mol. The number of aryl methyl sites for hydroxylation is 1. The Kier molecular flexibility index (Phi) is 5.20. The first-order valence-corrected chi connectivity index (χ1v) is 6.85. The Bertz CT molecular complexity index is 807. The van der Waals surface area contributed by atoms with Gasteiger partial charge in [0.25, 0.3) is 11.6 Å². The highest BCUT2D eigenvalue weighted by molar-refractivity contribution is 5.97. The van der Waals surface area contributed by atoms with Gasteiger partial charge in [-0.05, 0) is 25.1 Å². The van der Waals surface area contributed by atoms with Gasteiger partial charge in [0.2, 0.25) is 0 Å². The van der Waals surface area contributed by atoms with Gasteiger partial charge in [-0.3, -0.25) is 14.9 Å². The van der Waals surface area contributed by atoms with Gasteiger partial charge < -0.3 is 10.1 Å². The topological polar surface area (TPSA) is 98.5 Å². The van der Waals surface area contributed by atoms with Crippen LogP contribution in [0.1, 0.15) is 15.9 Å². The van der Waals surface area contributed by atoms with Crippen molar-refractivity contribution in [3.63, 3.8) is 0 Å². The van der Waals surface area contributed by atoms with E-state index in [1.807, 2.05) is 0 Å². The summed E-state index contributed by atoms with van der Waals surface area (Å²) in [5, 5.41) is 13.3. The van der Waals surface area contributed by atoms with E-state index in [0.29, 0.717) is 5.56 Å². The minimum absolute atomic E-state index is 0.0555. The minimum Gasteiger partial charge on any atom is -0.452 e. The summed E-state index contributed by atoms with van der Waals surface area (Å²) in [5.74, 6) is -2.40. The van der Waals surface area contributed by atoms with Gasteiger partial charge in [0.15, 0.2) is 6.61 Å². The third-order valence-corrected chi connectivity index (χ3v) is 3.12. The summed E-state index contributed by atoms with van der Waals surface area (Å²) in [4.78, 5) is 34.0. The van der Waals surface area contributed by atoms with E-state index in [-0.39, 0.29) is 16.9 Å². The number of halogens is 1. The molecule has 0 aromatic heterocycles. The van der Waals surface area contributed by atoms with Gasteiger partial charge in [0.05, 0.1) is 10.6 Å². The number of hydrogen-bond donors (Lipinski definition) is 1. The molecule has 2 aromatic carbocycles. The first-order chi connectivity index (χ1) is 11.4. The van der Waals surface area contributed by atoms with E-state index in [1.165, 1.54) is 43.3 Å². The Balaban J connectivity index is 2.04. The molecule has 0 unspecified atom stereocenters. The number of rotatable bonds is 5. The first-order valence-electron chi connectivity index (χ1n) is 6.85. The van der Waals surface area contributed by atoms with Crippen LogP contribution in [0.4, 0.5) is 15.8 Å². The molecule has 0 saturated heterocycles. The van der Waals surface area contributed by atoms with Crippen molar-refractivity contribution >= 4 is 23.3 Å². The number of anilines is 1. The van der Waals surface area contributed by atoms with Crippen molar-refractivity contribution in [1.82, 2.24) is 0 Å². The maximum Gasteiger partial charge on any atom is 0.345 e. The molecule has 7 nitrogen and oxygen atoms in total. The lowest BCUT2D eigenvalue weighted by Crippen LogP contribution is -2.22. The zero-order valence-electron chi connectivity index (χ0n) is 12.6. The number of nitrogens with zero attached hydrogens (tertiary/aromatic N) is 1. The Morgan fingerprint density at radius 3 is 2.58 bits per heavy atom. The van der Waals surface area contributed by atoms with Gasteiger partial charge in [0, 0.05) is 5.56 Å². The highest BCUT2D eigenvalue weighted by Crippen LogP contribution is 2.23. The number of amides is 1. The van der Waals surface area contributed by atoms with Crippen molar-refractivity contribution in [3.8, 4) is 0 Å². The number of nitro groups is 1. The van der Waals surface area contributed by atoms with E-state index in [2.05, 4.69) is 5.32 Å². The van der Waals surface area contributed by atoms with E-state index >= 15 is 0 Å². The minimum atomic E-state index is -1.01. The van der Waals surface area contributed by atoms with Crippen molar-refractivity contribution in [1.29, 1.82) is 0 Å². The molecule has 0 bridgehead atoms. The molecule has 0 aliphatic rings. The molecule has 0 aliphatic carbocycles. The summed E-state index contributed by atoms with van der Waals surface area (Å²) < 4.78 is 18.2. The molecule has 1 N–H and O–H groups in total. The zero-order valence-corrected chi connectivity index (χ0v) is 12.6. The van der Waals surface area contributed by atoms with Crippen LogP contribution < -0.4 is 5.32 Å². The summed E-state index contributed by atoms with van der Waals surface area (Å²) in [6.45, 7) is 0.790. The predicted molar refractivity (Wildman–Crippen MR) is 83.1 cm³/mol. The normalized spacial score (nSPS) is 10.1. The van der Waals surface area contributed by atoms with E-state index < -0.39 is 29.2 Å². The second-order valence-corrected chi connectivity index (χ2v) is 4.83. The number of ether oxygens (including phenoxy) is 1. The molecule has 1 amide bonds. The van der Waals surface area contributed by atoms with E-state index in [9.17, 15) is 24.1 Å². The SMILES string of the molecule is Cc1cccc(C(=O)OCC(=O)Nc2ccccc2F)c1[N+](=O)[O-]. The van der Waals surface area contributed by atoms with Gasteiger partial charge in [0.1, 0.15) is 11.4 Å². The first kappa shape index (κ1) is 17.1. The summed E-state index contributed by atoms with van der Waals surface area (Å²) in [6.07, 6.45) is 0. The van der Waals surface area contributed by atoms with Crippen LogP contribution in [0.3, 0.4) is 0 Å². The molecule has 0 atom stereocenters. The molecule has 0 radical (unpaired) electrons. The number of hydrogen-bond acceptors (Lipinski definition) is 5. The summed E-state index contributed by atoms with van der Waals surface area (Å²) in [7, 11) is 0. The quantitative estimate of drug-likeness (QED) is 0.516. The van der Waals surface area contributed by atoms with Crippen molar-refractivity contribution in [2.24, 2.45) is 0 Å². The van der Waals surface area contributed by atoms with E-state index in [0.717, 1.165) is 6.07 Å². The molecular formula is C16H13FN2O5. The maximum absolute atomic E-state index is 13.4. The molecule has 24 heavy (non-hydrogen) atoms. The second kappa shape index (κ2) is 7.32. The van der Waals surface area contributed by atoms with Crippen LogP contribution in [0.25, 0.3) is 0 Å². The fraction of sp³-hybridized carbons (Fsp3) is 0.125. The van der Waals surface area contributed by atoms with E-state index in [4.69, 9.17) is 4.74 Å². The summed E-state index contributed by atoms with van der Waals surface area (Å²) in [5.41, 5.74) is -0.388. The summed E-state index contributed by atoms with van der Waals surface area (Å²) in [6, 6.07) is 9.70. The molecule has 0 heterocycles. The highest BCUT2D eigenvalue weighted by atomic mass is 19.1. The third kappa shape index (κ3) is 3.92. The average molecular weight is 332 g/mol. The van der Waals surface area contributed by atoms with Crippen LogP contribution in [-0.2, 0) is 9.53 Å². The van der Waals surface area contributed by atoms with Gasteiger partial charge in [-0.15, -0.1) is 0 Å². The van der Waals surface area contributed by atoms with Gasteiger partial charge >= 0.3 is 5.97 Å². The lowest BCUT2D eigenvalue weighted by Gasteiger charge is -2.08. The molecule has 0 saturated carbocycles. The zero-order chi connectivity index (χ0) is 17.7. The fourth-order valence-corrected chi connectivity index (χ4v) is 2.02. The van der Waals surface area contributed by atoms with Crippen LogP contribution >= 0.6 is 0 Å². The van der Waals surface area contributed by atoms with Crippen LogP contribution in [0.15, 0.2) is 42.5 Å². The maximum atomic E-state index is 13.4. The third-order valence-electron chi connectivity index (χ3n) is 3.12. The molecule has 8 heteroatoms. The van der Waals surface area contributed by atoms with E-state index in [1.54, 1.807) is 0 Å². The molecule has 124 valence electrons. The van der Waals surface area contributed by atoms with Gasteiger partial charge in [-0.2, -0.15) is 0 Å². The smallest absolute Gasteiger partial charge is 0.345 e. The number of carbonyl (C=O) groups is 2. The molecule has 0 spiro atoms. The number of para-hydroxylation sites is 2. The number of esters is 1. The largest absolute Gasteiger partial charge is 0.452 e. The average Bonchev–Trinajstić information content (AvgIpc) is 2.54. The standard InChI is InChI=1S/C16H13FN2O5/c1-10-5-4-6-11(15(10)19(22)23)16(21)24-9-14(20)18-13-8-3-2-7-12(13)17/h2-8H,9H2,1H3,(H,18,20). The van der Waals surface area contributed by atoms with Crippen molar-refractivity contribution in [3.05, 3.63) is 69.5 Å². The fourth-order valence-electron chi connectivity index (χ4n) is 2.02. The molecule has 2 aromatic rings. The number of nitrogens with one attached hydrogen (secondary N) is 1. The predicted octanol–water partition coefficient (Wildman–Crippen LogP) is 2.84. The van der Waals surface area contributed by atoms with Crippen molar-refractivity contribution < 1.29 is 23.6 Å². The Hall–Kier alpha value is -3.29. The van der Waals surface area contributed by atoms with Gasteiger partial charge in [-0.1, -0.05) is 24.3 Å². The van der Waals surface area contributed by atoms with Crippen molar-refractivity contribution in [2.75, 3.05) is 11.9 Å². The van der Waals surface area contributed by atoms with Gasteiger partial charge in [-0.25, -0.2) is 9.18 Å². The Labute approximate surface area is 136 Å². The number of benzene rings is 2. The van der Waals surface area contributed by atoms with Crippen molar-refractivity contribution in [2.45, 2.75) is 6.92 Å². The lowest BCUT2D eigenvalue weighted by atomic mass is 10.1. The second-order valence-electron chi connectivity index (χ2n) is 4.83. The number of nitro benzene ring substituents is 1. The highest BCUT2D eigenvalue weighted by Gasteiger charge is 2.24. The monoisotopic (exact) mass is 332 g/mol. The van der Waals surface area contributed by atoms with Crippen LogP contribution in [0, 0.1) is 22.9 Å². The lowest BCUT2D eigenvalue weighted by molar-refractivity contribution is -0.385. The Morgan fingerprint density at radius 1 is 1.21 bits per heavy atom. The molecule has 0 fully saturated rings. The molecule has 2 rings (SSSR count). The van der Waals surface area contributed by atoms with Crippen LogP contribution in [0.5, 0.6) is 0 Å². The Morgan fingerprint density at radius 2 is 1.92 bits per heavy atom. The van der Waals surface area contributed by atoms with Crippen LogP contribution in [-0.4, -0.2) is 23.4 Å². The molecule has 0 aliphatic heterocycles. The summed E-state index contributed by atoms with van der Waals surface area (Å²) >= 11 is 0.